The van der Waals surface area contributed by atoms with Crippen LogP contribution in [0.5, 0.6) is 11.5 Å². The molecule has 0 unspecified atom stereocenters. The van der Waals surface area contributed by atoms with Gasteiger partial charge in [-0.05, 0) is 29.8 Å². The number of tetrazole rings is 1. The molecular weight excluding hydrogens is 406 g/mol. The molecule has 0 atom stereocenters. The van der Waals surface area contributed by atoms with Crippen molar-refractivity contribution < 1.29 is 17.9 Å². The molecule has 0 fully saturated rings. The summed E-state index contributed by atoms with van der Waals surface area (Å²) in [7, 11) is -3.86. The lowest BCUT2D eigenvalue weighted by Crippen LogP contribution is -2.31. The van der Waals surface area contributed by atoms with E-state index >= 15 is 0 Å². The highest BCUT2D eigenvalue weighted by atomic mass is 32.2. The van der Waals surface area contributed by atoms with Crippen LogP contribution in [0.1, 0.15) is 26.3 Å². The minimum absolute atomic E-state index is 0.0439. The lowest BCUT2D eigenvalue weighted by molar-refractivity contribution is 0.319. The zero-order valence-corrected chi connectivity index (χ0v) is 18.0. The largest absolute Gasteiger partial charge is 0.492 e. The van der Waals surface area contributed by atoms with Crippen molar-refractivity contribution in [2.24, 2.45) is 0 Å². The first-order chi connectivity index (χ1) is 14.5. The van der Waals surface area contributed by atoms with Gasteiger partial charge in [0, 0.05) is 25.2 Å². The molecule has 30 heavy (non-hydrogen) atoms. The molecule has 0 bridgehead atoms. The van der Waals surface area contributed by atoms with Gasteiger partial charge in [-0.15, -0.1) is 5.10 Å². The van der Waals surface area contributed by atoms with Crippen molar-refractivity contribution in [1.29, 1.82) is 0 Å². The molecule has 0 aliphatic carbocycles. The Hall–Kier alpha value is -2.98. The molecule has 160 valence electrons. The Morgan fingerprint density at radius 3 is 2.30 bits per heavy atom. The number of benzene rings is 2. The van der Waals surface area contributed by atoms with Crippen LogP contribution in [-0.2, 0) is 16.6 Å². The lowest BCUT2D eigenvalue weighted by Gasteiger charge is -2.23. The molecule has 3 aromatic rings. The maximum Gasteiger partial charge on any atom is 0.247 e. The van der Waals surface area contributed by atoms with Crippen molar-refractivity contribution in [3.05, 3.63) is 54.4 Å². The quantitative estimate of drug-likeness (QED) is 0.486. The SMILES string of the molecule is CCOc1cc(S(=O)(=O)N(CC)Cc2ccccc2)c(OCC)cc1-n1cnnn1. The normalized spacial score (nSPS) is 11.6. The van der Waals surface area contributed by atoms with Crippen molar-refractivity contribution in [3.8, 4) is 17.2 Å². The predicted molar refractivity (Wildman–Crippen MR) is 111 cm³/mol. The molecule has 10 heteroatoms. The summed E-state index contributed by atoms with van der Waals surface area (Å²) >= 11 is 0. The molecule has 0 N–H and O–H groups in total. The Bertz CT molecular complexity index is 1060. The monoisotopic (exact) mass is 431 g/mol. The third-order valence-electron chi connectivity index (χ3n) is 4.39. The molecule has 3 rings (SSSR count). The Morgan fingerprint density at radius 1 is 1.00 bits per heavy atom. The molecule has 0 radical (unpaired) electrons. The van der Waals surface area contributed by atoms with Crippen LogP contribution < -0.4 is 9.47 Å². The molecule has 9 nitrogen and oxygen atoms in total. The zero-order valence-electron chi connectivity index (χ0n) is 17.2. The molecule has 0 aliphatic heterocycles. The van der Waals surface area contributed by atoms with Gasteiger partial charge in [-0.2, -0.15) is 8.99 Å². The second-order valence-corrected chi connectivity index (χ2v) is 8.21. The average molecular weight is 432 g/mol. The van der Waals surface area contributed by atoms with Crippen LogP contribution in [-0.4, -0.2) is 52.7 Å². The second-order valence-electron chi connectivity index (χ2n) is 6.30. The summed E-state index contributed by atoms with van der Waals surface area (Å²) in [6, 6.07) is 12.5. The standard InChI is InChI=1S/C20H25N5O4S/c1-4-24(14-16-10-8-7-9-11-16)30(26,27)20-13-18(28-5-2)17(12-19(20)29-6-3)25-15-21-22-23-25/h7-13,15H,4-6,14H2,1-3H3. The Morgan fingerprint density at radius 2 is 1.70 bits per heavy atom. The average Bonchev–Trinajstić information content (AvgIpc) is 3.28. The molecule has 1 heterocycles. The summed E-state index contributed by atoms with van der Waals surface area (Å²) in [6.07, 6.45) is 1.41. The maximum atomic E-state index is 13.6. The van der Waals surface area contributed by atoms with E-state index in [2.05, 4.69) is 15.5 Å². The van der Waals surface area contributed by atoms with Gasteiger partial charge in [0.25, 0.3) is 0 Å². The highest BCUT2D eigenvalue weighted by molar-refractivity contribution is 7.89. The van der Waals surface area contributed by atoms with E-state index in [1.807, 2.05) is 37.3 Å². The Kier molecular flexibility index (Phi) is 7.01. The predicted octanol–water partition coefficient (Wildman–Crippen LogP) is 2.67. The third-order valence-corrected chi connectivity index (χ3v) is 6.34. The fraction of sp³-hybridized carbons (Fsp3) is 0.350. The van der Waals surface area contributed by atoms with Crippen LogP contribution in [0.4, 0.5) is 0 Å². The lowest BCUT2D eigenvalue weighted by atomic mass is 10.2. The van der Waals surface area contributed by atoms with Crippen LogP contribution in [0.3, 0.4) is 0 Å². The number of hydrogen-bond donors (Lipinski definition) is 0. The van der Waals surface area contributed by atoms with E-state index in [0.29, 0.717) is 31.2 Å². The molecule has 2 aromatic carbocycles. The van der Waals surface area contributed by atoms with Crippen LogP contribution >= 0.6 is 0 Å². The Labute approximate surface area is 176 Å². The van der Waals surface area contributed by atoms with E-state index in [0.717, 1.165) is 5.56 Å². The van der Waals surface area contributed by atoms with E-state index < -0.39 is 10.0 Å². The number of ether oxygens (including phenoxy) is 2. The van der Waals surface area contributed by atoms with Gasteiger partial charge in [0.15, 0.2) is 0 Å². The van der Waals surface area contributed by atoms with E-state index in [1.54, 1.807) is 19.9 Å². The second kappa shape index (κ2) is 9.68. The molecule has 0 saturated carbocycles. The highest BCUT2D eigenvalue weighted by Crippen LogP contribution is 2.36. The van der Waals surface area contributed by atoms with E-state index in [-0.39, 0.29) is 17.2 Å². The van der Waals surface area contributed by atoms with Crippen molar-refractivity contribution >= 4 is 10.0 Å². The van der Waals surface area contributed by atoms with Crippen molar-refractivity contribution in [3.63, 3.8) is 0 Å². The molecule has 0 spiro atoms. The number of sulfonamides is 1. The topological polar surface area (TPSA) is 99.4 Å². The molecular formula is C20H25N5O4S. The maximum absolute atomic E-state index is 13.6. The summed E-state index contributed by atoms with van der Waals surface area (Å²) in [5.74, 6) is 0.570. The first-order valence-corrected chi connectivity index (χ1v) is 11.2. The number of nitrogens with zero attached hydrogens (tertiary/aromatic N) is 5. The van der Waals surface area contributed by atoms with Crippen LogP contribution in [0.2, 0.25) is 0 Å². The first kappa shape index (κ1) is 21.7. The van der Waals surface area contributed by atoms with Crippen LogP contribution in [0.25, 0.3) is 5.69 Å². The van der Waals surface area contributed by atoms with E-state index in [4.69, 9.17) is 9.47 Å². The van der Waals surface area contributed by atoms with Gasteiger partial charge in [0.05, 0.1) is 13.2 Å². The van der Waals surface area contributed by atoms with Gasteiger partial charge in [-0.3, -0.25) is 0 Å². The highest BCUT2D eigenvalue weighted by Gasteiger charge is 2.29. The van der Waals surface area contributed by atoms with Gasteiger partial charge in [-0.25, -0.2) is 8.42 Å². The van der Waals surface area contributed by atoms with Gasteiger partial charge in [0.1, 0.15) is 28.4 Å². The van der Waals surface area contributed by atoms with Gasteiger partial charge < -0.3 is 9.47 Å². The first-order valence-electron chi connectivity index (χ1n) is 9.72. The van der Waals surface area contributed by atoms with Crippen molar-refractivity contribution in [2.75, 3.05) is 19.8 Å². The number of aromatic nitrogens is 4. The summed E-state index contributed by atoms with van der Waals surface area (Å²) < 4.78 is 41.3. The van der Waals surface area contributed by atoms with Gasteiger partial charge in [-0.1, -0.05) is 37.3 Å². The van der Waals surface area contributed by atoms with Crippen LogP contribution in [0.15, 0.2) is 53.7 Å². The smallest absolute Gasteiger partial charge is 0.247 e. The van der Waals surface area contributed by atoms with Gasteiger partial charge in [0.2, 0.25) is 10.0 Å². The summed E-state index contributed by atoms with van der Waals surface area (Å²) in [4.78, 5) is 0.0439. The minimum atomic E-state index is -3.86. The minimum Gasteiger partial charge on any atom is -0.492 e. The molecule has 0 saturated heterocycles. The van der Waals surface area contributed by atoms with Crippen molar-refractivity contribution in [1.82, 2.24) is 24.5 Å². The van der Waals surface area contributed by atoms with E-state index in [9.17, 15) is 8.42 Å². The number of hydrogen-bond acceptors (Lipinski definition) is 7. The third kappa shape index (κ3) is 4.60. The Balaban J connectivity index is 2.10. The van der Waals surface area contributed by atoms with Crippen LogP contribution in [0, 0.1) is 0 Å². The fourth-order valence-corrected chi connectivity index (χ4v) is 4.58. The molecule has 1 aromatic heterocycles. The summed E-state index contributed by atoms with van der Waals surface area (Å²) in [6.45, 7) is 6.64. The zero-order chi connectivity index (χ0) is 21.6. The number of rotatable bonds is 10. The van der Waals surface area contributed by atoms with Gasteiger partial charge >= 0.3 is 0 Å². The fourth-order valence-electron chi connectivity index (χ4n) is 3.02. The summed E-state index contributed by atoms with van der Waals surface area (Å²) in [5, 5.41) is 11.2. The van der Waals surface area contributed by atoms with Crippen molar-refractivity contribution in [2.45, 2.75) is 32.2 Å². The summed E-state index contributed by atoms with van der Waals surface area (Å²) in [5.41, 5.74) is 1.39. The molecule has 0 amide bonds. The molecule has 0 aliphatic rings. The van der Waals surface area contributed by atoms with E-state index in [1.165, 1.54) is 21.4 Å².